The van der Waals surface area contributed by atoms with Gasteiger partial charge in [0.1, 0.15) is 0 Å². The number of nitrogens with zero attached hydrogens (tertiary/aromatic N) is 1. The third-order valence-electron chi connectivity index (χ3n) is 4.53. The number of aliphatic hydroxyl groups excluding tert-OH is 1. The molecule has 0 spiro atoms. The highest BCUT2D eigenvalue weighted by atomic mass is 32.1. The van der Waals surface area contributed by atoms with Crippen molar-refractivity contribution in [2.24, 2.45) is 0 Å². The summed E-state index contributed by atoms with van der Waals surface area (Å²) in [5, 5.41) is 12.3. The van der Waals surface area contributed by atoms with Crippen LogP contribution in [-0.2, 0) is 9.53 Å². The molecular weight excluding hydrogens is 342 g/mol. The Bertz CT molecular complexity index is 803. The van der Waals surface area contributed by atoms with Crippen LogP contribution in [0.5, 0.6) is 0 Å². The molecule has 1 fully saturated rings. The third kappa shape index (κ3) is 2.79. The van der Waals surface area contributed by atoms with Gasteiger partial charge in [0.25, 0.3) is 5.91 Å². The molecule has 2 aliphatic rings. The maximum Gasteiger partial charge on any atom is 0.290 e. The summed E-state index contributed by atoms with van der Waals surface area (Å²) >= 11 is 1.44. The van der Waals surface area contributed by atoms with Gasteiger partial charge in [-0.1, -0.05) is 6.07 Å². The standard InChI is InChI=1S/C18H17NO5S/c20-16(12-5-2-8-24-12)14-15(13-6-3-9-25-13)19(18(22)17(14)21)10-11-4-1-7-23-11/h2-3,5-6,8-9,11,15,21H,1,4,7,10H2/t11-,15+/m0/s1. The van der Waals surface area contributed by atoms with E-state index in [1.165, 1.54) is 28.6 Å². The maximum absolute atomic E-state index is 12.8. The molecule has 1 amide bonds. The fourth-order valence-electron chi connectivity index (χ4n) is 3.36. The van der Waals surface area contributed by atoms with E-state index in [-0.39, 0.29) is 17.4 Å². The zero-order valence-electron chi connectivity index (χ0n) is 13.4. The van der Waals surface area contributed by atoms with E-state index in [1.54, 1.807) is 6.07 Å². The Kier molecular flexibility index (Phi) is 4.19. The van der Waals surface area contributed by atoms with Gasteiger partial charge >= 0.3 is 0 Å². The van der Waals surface area contributed by atoms with Gasteiger partial charge in [0.2, 0.25) is 5.78 Å². The second-order valence-electron chi connectivity index (χ2n) is 6.08. The number of rotatable bonds is 5. The van der Waals surface area contributed by atoms with E-state index in [4.69, 9.17) is 9.15 Å². The first-order chi connectivity index (χ1) is 12.2. The molecule has 0 radical (unpaired) electrons. The van der Waals surface area contributed by atoms with Crippen molar-refractivity contribution in [3.05, 3.63) is 57.9 Å². The number of ketones is 1. The van der Waals surface area contributed by atoms with Gasteiger partial charge in [-0.05, 0) is 36.4 Å². The number of thiophene rings is 1. The van der Waals surface area contributed by atoms with Gasteiger partial charge in [0, 0.05) is 18.0 Å². The summed E-state index contributed by atoms with van der Waals surface area (Å²) in [4.78, 5) is 27.9. The van der Waals surface area contributed by atoms with Gasteiger partial charge in [-0.15, -0.1) is 11.3 Å². The minimum absolute atomic E-state index is 0.0698. The lowest BCUT2D eigenvalue weighted by Crippen LogP contribution is -2.37. The Hall–Kier alpha value is -2.38. The average Bonchev–Trinajstić information content (AvgIpc) is 3.39. The Morgan fingerprint density at radius 3 is 2.88 bits per heavy atom. The molecule has 0 unspecified atom stereocenters. The molecule has 2 aromatic heterocycles. The molecule has 6 nitrogen and oxygen atoms in total. The van der Waals surface area contributed by atoms with Crippen LogP contribution in [0.2, 0.25) is 0 Å². The number of aliphatic hydroxyl groups is 1. The first-order valence-electron chi connectivity index (χ1n) is 8.14. The first-order valence-corrected chi connectivity index (χ1v) is 9.02. The molecule has 0 saturated carbocycles. The number of carbonyl (C=O) groups is 2. The van der Waals surface area contributed by atoms with Crippen molar-refractivity contribution in [2.45, 2.75) is 25.0 Å². The molecule has 4 rings (SSSR count). The first kappa shape index (κ1) is 16.1. The van der Waals surface area contributed by atoms with Gasteiger partial charge in [0.05, 0.1) is 24.0 Å². The molecule has 130 valence electrons. The second kappa shape index (κ2) is 6.50. The minimum Gasteiger partial charge on any atom is -0.503 e. The Morgan fingerprint density at radius 1 is 1.36 bits per heavy atom. The number of hydrogen-bond acceptors (Lipinski definition) is 6. The molecule has 2 atom stereocenters. The number of carbonyl (C=O) groups excluding carboxylic acids is 2. The quantitative estimate of drug-likeness (QED) is 0.830. The van der Waals surface area contributed by atoms with Gasteiger partial charge in [-0.3, -0.25) is 9.59 Å². The fourth-order valence-corrected chi connectivity index (χ4v) is 4.21. The van der Waals surface area contributed by atoms with Crippen LogP contribution in [0.3, 0.4) is 0 Å². The van der Waals surface area contributed by atoms with Crippen molar-refractivity contribution in [3.63, 3.8) is 0 Å². The summed E-state index contributed by atoms with van der Waals surface area (Å²) in [7, 11) is 0. The van der Waals surface area contributed by atoms with Crippen LogP contribution in [0.25, 0.3) is 0 Å². The molecule has 2 aliphatic heterocycles. The van der Waals surface area contributed by atoms with Crippen LogP contribution in [0.4, 0.5) is 0 Å². The molecule has 0 aliphatic carbocycles. The lowest BCUT2D eigenvalue weighted by Gasteiger charge is -2.27. The van der Waals surface area contributed by atoms with Crippen LogP contribution >= 0.6 is 11.3 Å². The predicted octanol–water partition coefficient (Wildman–Crippen LogP) is 3.10. The zero-order valence-corrected chi connectivity index (χ0v) is 14.2. The van der Waals surface area contributed by atoms with E-state index in [0.717, 1.165) is 17.7 Å². The number of amides is 1. The van der Waals surface area contributed by atoms with E-state index in [1.807, 2.05) is 17.5 Å². The van der Waals surface area contributed by atoms with Gasteiger partial charge in [-0.25, -0.2) is 0 Å². The van der Waals surface area contributed by atoms with Gasteiger partial charge < -0.3 is 19.2 Å². The minimum atomic E-state index is -0.616. The van der Waals surface area contributed by atoms with Crippen LogP contribution in [0.15, 0.2) is 51.7 Å². The molecule has 0 bridgehead atoms. The van der Waals surface area contributed by atoms with E-state index in [0.29, 0.717) is 13.2 Å². The van der Waals surface area contributed by atoms with Crippen molar-refractivity contribution in [1.82, 2.24) is 4.90 Å². The van der Waals surface area contributed by atoms with Crippen LogP contribution in [0, 0.1) is 0 Å². The summed E-state index contributed by atoms with van der Waals surface area (Å²) < 4.78 is 10.8. The van der Waals surface area contributed by atoms with E-state index in [9.17, 15) is 14.7 Å². The second-order valence-corrected chi connectivity index (χ2v) is 7.06. The highest BCUT2D eigenvalue weighted by molar-refractivity contribution is 7.10. The molecule has 4 heterocycles. The topological polar surface area (TPSA) is 80.0 Å². The number of ether oxygens (including phenoxy) is 1. The maximum atomic E-state index is 12.8. The number of Topliss-reactive ketones (excluding diaryl/α,β-unsaturated/α-hetero) is 1. The van der Waals surface area contributed by atoms with Crippen molar-refractivity contribution in [3.8, 4) is 0 Å². The molecule has 0 aromatic carbocycles. The lowest BCUT2D eigenvalue weighted by molar-refractivity contribution is -0.130. The summed E-state index contributed by atoms with van der Waals surface area (Å²) in [6.07, 6.45) is 3.14. The van der Waals surface area contributed by atoms with Crippen molar-refractivity contribution >= 4 is 23.0 Å². The Balaban J connectivity index is 1.72. The van der Waals surface area contributed by atoms with E-state index in [2.05, 4.69) is 0 Å². The summed E-state index contributed by atoms with van der Waals surface area (Å²) in [5.74, 6) is -1.40. The molecule has 1 N–H and O–H groups in total. The van der Waals surface area contributed by atoms with E-state index >= 15 is 0 Å². The van der Waals surface area contributed by atoms with Crippen LogP contribution in [-0.4, -0.2) is 41.0 Å². The van der Waals surface area contributed by atoms with Gasteiger partial charge in [0.15, 0.2) is 11.5 Å². The van der Waals surface area contributed by atoms with Crippen molar-refractivity contribution in [1.29, 1.82) is 0 Å². The SMILES string of the molecule is O=C(C1=C(O)C(=O)N(C[C@@H]2CCCO2)[C@@H]1c1cccs1)c1ccco1. The third-order valence-corrected chi connectivity index (χ3v) is 5.45. The number of furan rings is 1. The predicted molar refractivity (Wildman–Crippen MR) is 90.4 cm³/mol. The lowest BCUT2D eigenvalue weighted by atomic mass is 10.00. The molecular formula is C18H17NO5S. The van der Waals surface area contributed by atoms with E-state index < -0.39 is 23.5 Å². The van der Waals surface area contributed by atoms with Crippen molar-refractivity contribution < 1.29 is 23.8 Å². The molecule has 25 heavy (non-hydrogen) atoms. The Labute approximate surface area is 148 Å². The smallest absolute Gasteiger partial charge is 0.290 e. The summed E-state index contributed by atoms with van der Waals surface area (Å²) in [6, 6.07) is 6.24. The summed E-state index contributed by atoms with van der Waals surface area (Å²) in [6.45, 7) is 1.02. The largest absolute Gasteiger partial charge is 0.503 e. The summed E-state index contributed by atoms with van der Waals surface area (Å²) in [5.41, 5.74) is 0.0698. The normalized spacial score (nSPS) is 23.7. The van der Waals surface area contributed by atoms with Gasteiger partial charge in [-0.2, -0.15) is 0 Å². The van der Waals surface area contributed by atoms with Crippen LogP contribution < -0.4 is 0 Å². The highest BCUT2D eigenvalue weighted by Crippen LogP contribution is 2.41. The average molecular weight is 359 g/mol. The number of hydrogen-bond donors (Lipinski definition) is 1. The monoisotopic (exact) mass is 359 g/mol. The van der Waals surface area contributed by atoms with Crippen molar-refractivity contribution in [2.75, 3.05) is 13.2 Å². The molecule has 7 heteroatoms. The fraction of sp³-hybridized carbons (Fsp3) is 0.333. The molecule has 2 aromatic rings. The molecule has 1 saturated heterocycles. The highest BCUT2D eigenvalue weighted by Gasteiger charge is 2.45. The zero-order chi connectivity index (χ0) is 17.4. The van der Waals surface area contributed by atoms with Crippen LogP contribution in [0.1, 0.15) is 34.3 Å². The Morgan fingerprint density at radius 2 is 2.24 bits per heavy atom.